The second-order valence-corrected chi connectivity index (χ2v) is 8.53. The summed E-state index contributed by atoms with van der Waals surface area (Å²) in [5, 5.41) is 4.58. The summed E-state index contributed by atoms with van der Waals surface area (Å²) in [5.74, 6) is 0. The van der Waals surface area contributed by atoms with Gasteiger partial charge in [0, 0.05) is 12.1 Å². The lowest BCUT2D eigenvalue weighted by Gasteiger charge is -2.07. The number of aromatic nitrogens is 2. The summed E-state index contributed by atoms with van der Waals surface area (Å²) in [5.41, 5.74) is 4.00. The number of rotatable bonds is 6. The van der Waals surface area contributed by atoms with E-state index in [4.69, 9.17) is 0 Å². The summed E-state index contributed by atoms with van der Waals surface area (Å²) in [6.45, 7) is 2.21. The van der Waals surface area contributed by atoms with Crippen LogP contribution in [0.15, 0.2) is 96.0 Å². The van der Waals surface area contributed by atoms with E-state index in [1.54, 1.807) is 10.9 Å². The van der Waals surface area contributed by atoms with Crippen molar-refractivity contribution < 1.29 is 8.42 Å². The third-order valence-electron chi connectivity index (χ3n) is 4.63. The molecule has 1 heterocycles. The minimum Gasteiger partial charge on any atom is -0.239 e. The second kappa shape index (κ2) is 8.03. The number of aryl methyl sites for hydroxylation is 1. The molecule has 146 valence electrons. The van der Waals surface area contributed by atoms with Crippen LogP contribution >= 0.6 is 0 Å². The Hall–Kier alpha value is -3.22. The fourth-order valence-corrected chi connectivity index (χ4v) is 4.19. The van der Waals surface area contributed by atoms with Crippen LogP contribution in [0.25, 0.3) is 16.9 Å². The minimum atomic E-state index is -3.77. The van der Waals surface area contributed by atoms with E-state index in [0.717, 1.165) is 22.4 Å². The molecule has 0 unspecified atom stereocenters. The van der Waals surface area contributed by atoms with Gasteiger partial charge in [-0.05, 0) is 24.6 Å². The van der Waals surface area contributed by atoms with Crippen molar-refractivity contribution in [1.82, 2.24) is 14.5 Å². The molecule has 3 aromatic carbocycles. The van der Waals surface area contributed by atoms with Crippen LogP contribution in [-0.4, -0.2) is 18.2 Å². The number of nitrogens with one attached hydrogen (secondary N) is 1. The average Bonchev–Trinajstić information content (AvgIpc) is 3.21. The van der Waals surface area contributed by atoms with Gasteiger partial charge < -0.3 is 0 Å². The van der Waals surface area contributed by atoms with Gasteiger partial charge in [-0.25, -0.2) is 17.8 Å². The first kappa shape index (κ1) is 19.1. The molecule has 0 saturated carbocycles. The molecule has 0 aliphatic heterocycles. The van der Waals surface area contributed by atoms with Crippen molar-refractivity contribution in [3.05, 3.63) is 102 Å². The molecule has 4 rings (SSSR count). The average molecular weight is 404 g/mol. The first-order valence-corrected chi connectivity index (χ1v) is 10.8. The molecule has 0 atom stereocenters. The molecule has 1 N–H and O–H groups in total. The molecule has 0 spiro atoms. The Bertz CT molecular complexity index is 1200. The van der Waals surface area contributed by atoms with Crippen LogP contribution in [-0.2, 0) is 16.6 Å². The first-order chi connectivity index (χ1) is 14.0. The van der Waals surface area contributed by atoms with Gasteiger partial charge in [0.15, 0.2) is 0 Å². The van der Waals surface area contributed by atoms with Crippen LogP contribution in [0, 0.1) is 6.92 Å². The summed E-state index contributed by atoms with van der Waals surface area (Å²) < 4.78 is 30.6. The molecule has 0 amide bonds. The second-order valence-electron chi connectivity index (χ2n) is 6.80. The summed E-state index contributed by atoms with van der Waals surface area (Å²) in [4.78, 5) is 0.152. The Morgan fingerprint density at radius 2 is 1.48 bits per heavy atom. The van der Waals surface area contributed by atoms with E-state index in [-0.39, 0.29) is 11.4 Å². The summed E-state index contributed by atoms with van der Waals surface area (Å²) in [6.07, 6.45) is 1.56. The van der Waals surface area contributed by atoms with Crippen molar-refractivity contribution in [3.63, 3.8) is 0 Å². The smallest absolute Gasteiger partial charge is 0.239 e. The quantitative estimate of drug-likeness (QED) is 0.521. The van der Waals surface area contributed by atoms with Gasteiger partial charge in [-0.3, -0.25) is 0 Å². The Morgan fingerprint density at radius 3 is 2.14 bits per heavy atom. The van der Waals surface area contributed by atoms with E-state index >= 15 is 0 Å². The Labute approximate surface area is 170 Å². The molecule has 0 aliphatic carbocycles. The van der Waals surface area contributed by atoms with Gasteiger partial charge in [0.25, 0.3) is 0 Å². The molecule has 0 radical (unpaired) electrons. The van der Waals surface area contributed by atoms with E-state index in [2.05, 4.69) is 9.82 Å². The lowest BCUT2D eigenvalue weighted by atomic mass is 10.2. The molecule has 4 aromatic rings. The predicted molar refractivity (Wildman–Crippen MR) is 114 cm³/mol. The highest BCUT2D eigenvalue weighted by atomic mass is 32.2. The maximum absolute atomic E-state index is 13.1. The molecule has 29 heavy (non-hydrogen) atoms. The highest BCUT2D eigenvalue weighted by Crippen LogP contribution is 2.27. The van der Waals surface area contributed by atoms with Crippen molar-refractivity contribution in [2.24, 2.45) is 0 Å². The first-order valence-electron chi connectivity index (χ1n) is 9.29. The van der Waals surface area contributed by atoms with Crippen LogP contribution in [0.2, 0.25) is 0 Å². The van der Waals surface area contributed by atoms with E-state index in [9.17, 15) is 8.42 Å². The third kappa shape index (κ3) is 4.29. The zero-order valence-corrected chi connectivity index (χ0v) is 16.8. The van der Waals surface area contributed by atoms with E-state index < -0.39 is 10.0 Å². The molecule has 6 heteroatoms. The molecule has 0 saturated heterocycles. The normalized spacial score (nSPS) is 11.5. The van der Waals surface area contributed by atoms with Gasteiger partial charge in [0.05, 0.1) is 11.9 Å². The monoisotopic (exact) mass is 403 g/mol. The summed E-state index contributed by atoms with van der Waals surface area (Å²) >= 11 is 0. The Morgan fingerprint density at radius 1 is 0.862 bits per heavy atom. The van der Waals surface area contributed by atoms with E-state index in [1.807, 2.05) is 91.9 Å². The fourth-order valence-electron chi connectivity index (χ4n) is 3.03. The van der Waals surface area contributed by atoms with Crippen molar-refractivity contribution in [2.75, 3.05) is 0 Å². The van der Waals surface area contributed by atoms with Crippen molar-refractivity contribution in [2.45, 2.75) is 18.4 Å². The Balaban J connectivity index is 1.72. The van der Waals surface area contributed by atoms with Gasteiger partial charge in [-0.15, -0.1) is 0 Å². The van der Waals surface area contributed by atoms with Gasteiger partial charge in [0.1, 0.15) is 10.6 Å². The van der Waals surface area contributed by atoms with Gasteiger partial charge in [0.2, 0.25) is 10.0 Å². The van der Waals surface area contributed by atoms with Gasteiger partial charge >= 0.3 is 0 Å². The molecule has 0 bridgehead atoms. The van der Waals surface area contributed by atoms with Crippen molar-refractivity contribution in [3.8, 4) is 16.9 Å². The fraction of sp³-hybridized carbons (Fsp3) is 0.0870. The van der Waals surface area contributed by atoms with Crippen molar-refractivity contribution >= 4 is 10.0 Å². The highest BCUT2D eigenvalue weighted by Gasteiger charge is 2.24. The van der Waals surface area contributed by atoms with Gasteiger partial charge in [-0.2, -0.15) is 5.10 Å². The molecule has 0 fully saturated rings. The summed E-state index contributed by atoms with van der Waals surface area (Å²) in [7, 11) is -3.77. The third-order valence-corrected chi connectivity index (χ3v) is 6.03. The SMILES string of the molecule is Cc1ccc(CNS(=O)(=O)c2cn(-c3ccccc3)nc2-c2ccccc2)cc1. The molecular formula is C23H21N3O2S. The Kier molecular flexibility index (Phi) is 5.29. The maximum Gasteiger partial charge on any atom is 0.244 e. The van der Waals surface area contributed by atoms with Crippen LogP contribution in [0.4, 0.5) is 0 Å². The molecule has 1 aromatic heterocycles. The molecule has 5 nitrogen and oxygen atoms in total. The standard InChI is InChI=1S/C23H21N3O2S/c1-18-12-14-19(15-13-18)16-24-29(27,28)22-17-26(21-10-6-3-7-11-21)25-23(22)20-8-4-2-5-9-20/h2-15,17,24H,16H2,1H3. The lowest BCUT2D eigenvalue weighted by Crippen LogP contribution is -2.23. The van der Waals surface area contributed by atoms with Crippen LogP contribution in [0.1, 0.15) is 11.1 Å². The molecule has 0 aliphatic rings. The number of hydrogen-bond acceptors (Lipinski definition) is 3. The van der Waals surface area contributed by atoms with Crippen LogP contribution < -0.4 is 4.72 Å². The van der Waals surface area contributed by atoms with E-state index in [1.165, 1.54) is 0 Å². The predicted octanol–water partition coefficient (Wildman–Crippen LogP) is 4.33. The molecular weight excluding hydrogens is 382 g/mol. The number of sulfonamides is 1. The zero-order chi connectivity index (χ0) is 20.3. The number of hydrogen-bond donors (Lipinski definition) is 1. The number of nitrogens with zero attached hydrogens (tertiary/aromatic N) is 2. The largest absolute Gasteiger partial charge is 0.244 e. The van der Waals surface area contributed by atoms with Crippen molar-refractivity contribution in [1.29, 1.82) is 0 Å². The maximum atomic E-state index is 13.1. The topological polar surface area (TPSA) is 64.0 Å². The minimum absolute atomic E-state index is 0.152. The lowest BCUT2D eigenvalue weighted by molar-refractivity contribution is 0.581. The number of benzene rings is 3. The zero-order valence-electron chi connectivity index (χ0n) is 16.0. The van der Waals surface area contributed by atoms with E-state index in [0.29, 0.717) is 5.69 Å². The van der Waals surface area contributed by atoms with Crippen LogP contribution in [0.5, 0.6) is 0 Å². The summed E-state index contributed by atoms with van der Waals surface area (Å²) in [6, 6.07) is 26.6. The highest BCUT2D eigenvalue weighted by molar-refractivity contribution is 7.89. The number of para-hydroxylation sites is 1. The van der Waals surface area contributed by atoms with Crippen LogP contribution in [0.3, 0.4) is 0 Å². The van der Waals surface area contributed by atoms with Gasteiger partial charge in [-0.1, -0.05) is 78.4 Å².